The second kappa shape index (κ2) is 6.80. The number of hydrogen-bond donors (Lipinski definition) is 1. The van der Waals surface area contributed by atoms with Crippen molar-refractivity contribution >= 4 is 0 Å². The molecule has 0 amide bonds. The number of nitrogens with one attached hydrogen (secondary N) is 1. The molecule has 3 heteroatoms. The van der Waals surface area contributed by atoms with E-state index in [1.165, 1.54) is 43.6 Å². The van der Waals surface area contributed by atoms with Gasteiger partial charge in [-0.2, -0.15) is 0 Å². The van der Waals surface area contributed by atoms with Gasteiger partial charge in [-0.3, -0.25) is 0 Å². The molecular formula is C18H28N2O. The number of hydrogen-bond acceptors (Lipinski definition) is 3. The minimum atomic E-state index is 0.470. The summed E-state index contributed by atoms with van der Waals surface area (Å²) in [6.45, 7) is 9.02. The van der Waals surface area contributed by atoms with Crippen molar-refractivity contribution in [1.82, 2.24) is 10.2 Å². The molecule has 0 radical (unpaired) electrons. The van der Waals surface area contributed by atoms with Crippen LogP contribution in [0.15, 0.2) is 18.2 Å². The second-order valence-corrected chi connectivity index (χ2v) is 6.33. The van der Waals surface area contributed by atoms with Gasteiger partial charge in [-0.1, -0.05) is 26.0 Å². The molecule has 3 rings (SSSR count). The highest BCUT2D eigenvalue weighted by Crippen LogP contribution is 2.29. The molecule has 2 aliphatic rings. The van der Waals surface area contributed by atoms with E-state index in [0.29, 0.717) is 12.1 Å². The average molecular weight is 288 g/mol. The van der Waals surface area contributed by atoms with E-state index in [1.807, 2.05) is 0 Å². The zero-order chi connectivity index (χ0) is 14.7. The Bertz CT molecular complexity index is 474. The molecular weight excluding hydrogens is 260 g/mol. The molecule has 21 heavy (non-hydrogen) atoms. The van der Waals surface area contributed by atoms with E-state index in [2.05, 4.69) is 42.3 Å². The van der Waals surface area contributed by atoms with Crippen LogP contribution in [0.4, 0.5) is 0 Å². The first-order valence-corrected chi connectivity index (χ1v) is 8.54. The lowest BCUT2D eigenvalue weighted by Crippen LogP contribution is -2.46. The molecule has 1 N–H and O–H groups in total. The Hall–Kier alpha value is -1.06. The predicted octanol–water partition coefficient (Wildman–Crippen LogP) is 3.15. The Morgan fingerprint density at radius 2 is 2.29 bits per heavy atom. The van der Waals surface area contributed by atoms with E-state index in [0.717, 1.165) is 25.2 Å². The average Bonchev–Trinajstić information content (AvgIpc) is 3.00. The van der Waals surface area contributed by atoms with E-state index >= 15 is 0 Å². The van der Waals surface area contributed by atoms with E-state index < -0.39 is 0 Å². The van der Waals surface area contributed by atoms with Crippen LogP contribution < -0.4 is 10.1 Å². The van der Waals surface area contributed by atoms with Crippen LogP contribution in [0.5, 0.6) is 5.75 Å². The van der Waals surface area contributed by atoms with Crippen LogP contribution in [0, 0.1) is 0 Å². The maximum absolute atomic E-state index is 5.62. The summed E-state index contributed by atoms with van der Waals surface area (Å²) in [7, 11) is 0. The van der Waals surface area contributed by atoms with E-state index in [4.69, 9.17) is 4.74 Å². The summed E-state index contributed by atoms with van der Waals surface area (Å²) < 4.78 is 5.62. The summed E-state index contributed by atoms with van der Waals surface area (Å²) in [5.74, 6) is 1.09. The molecule has 0 spiro atoms. The Balaban J connectivity index is 1.67. The molecule has 0 saturated carbocycles. The van der Waals surface area contributed by atoms with Crippen LogP contribution in [0.1, 0.15) is 50.3 Å². The third-order valence-electron chi connectivity index (χ3n) is 4.91. The first kappa shape index (κ1) is 14.9. The quantitative estimate of drug-likeness (QED) is 0.901. The van der Waals surface area contributed by atoms with Gasteiger partial charge in [-0.15, -0.1) is 0 Å². The number of fused-ring (bicyclic) bond motifs is 1. The highest BCUT2D eigenvalue weighted by Gasteiger charge is 2.22. The SMILES string of the molecule is CCC(NC1CCCN(CC)C1)c1ccc2c(c1)CCO2. The highest BCUT2D eigenvalue weighted by molar-refractivity contribution is 5.40. The highest BCUT2D eigenvalue weighted by atomic mass is 16.5. The van der Waals surface area contributed by atoms with Gasteiger partial charge in [0.1, 0.15) is 5.75 Å². The smallest absolute Gasteiger partial charge is 0.122 e. The summed E-state index contributed by atoms with van der Waals surface area (Å²) in [4.78, 5) is 2.56. The summed E-state index contributed by atoms with van der Waals surface area (Å²) >= 11 is 0. The van der Waals surface area contributed by atoms with Crippen molar-refractivity contribution < 1.29 is 4.74 Å². The summed E-state index contributed by atoms with van der Waals surface area (Å²) in [5, 5.41) is 3.89. The van der Waals surface area contributed by atoms with Crippen molar-refractivity contribution in [2.75, 3.05) is 26.2 Å². The summed E-state index contributed by atoms with van der Waals surface area (Å²) in [6.07, 6.45) is 4.83. The fourth-order valence-electron chi connectivity index (χ4n) is 3.64. The van der Waals surface area contributed by atoms with Gasteiger partial charge in [-0.25, -0.2) is 0 Å². The lowest BCUT2D eigenvalue weighted by molar-refractivity contribution is 0.189. The minimum Gasteiger partial charge on any atom is -0.493 e. The number of piperidine rings is 1. The maximum atomic E-state index is 5.62. The first-order chi connectivity index (χ1) is 10.3. The van der Waals surface area contributed by atoms with Crippen molar-refractivity contribution in [3.05, 3.63) is 29.3 Å². The molecule has 0 aromatic heterocycles. The molecule has 1 aromatic rings. The number of likely N-dealkylation sites (tertiary alicyclic amines) is 1. The minimum absolute atomic E-state index is 0.470. The normalized spacial score (nSPS) is 23.6. The van der Waals surface area contributed by atoms with Crippen molar-refractivity contribution in [1.29, 1.82) is 0 Å². The third-order valence-corrected chi connectivity index (χ3v) is 4.91. The topological polar surface area (TPSA) is 24.5 Å². The van der Waals surface area contributed by atoms with Gasteiger partial charge >= 0.3 is 0 Å². The molecule has 2 unspecified atom stereocenters. The number of rotatable bonds is 5. The zero-order valence-electron chi connectivity index (χ0n) is 13.4. The number of ether oxygens (including phenoxy) is 1. The number of nitrogens with zero attached hydrogens (tertiary/aromatic N) is 1. The zero-order valence-corrected chi connectivity index (χ0v) is 13.4. The first-order valence-electron chi connectivity index (χ1n) is 8.54. The molecule has 116 valence electrons. The number of benzene rings is 1. The predicted molar refractivity (Wildman–Crippen MR) is 86.9 cm³/mol. The van der Waals surface area contributed by atoms with Gasteiger partial charge in [0, 0.05) is 25.0 Å². The Morgan fingerprint density at radius 1 is 1.38 bits per heavy atom. The van der Waals surface area contributed by atoms with Gasteiger partial charge in [0.25, 0.3) is 0 Å². The van der Waals surface area contributed by atoms with Crippen LogP contribution in [-0.4, -0.2) is 37.2 Å². The van der Waals surface area contributed by atoms with Gasteiger partial charge in [0.2, 0.25) is 0 Å². The Labute approximate surface area is 128 Å². The Kier molecular flexibility index (Phi) is 4.81. The van der Waals surface area contributed by atoms with Gasteiger partial charge in [0.15, 0.2) is 0 Å². The monoisotopic (exact) mass is 288 g/mol. The van der Waals surface area contributed by atoms with Crippen LogP contribution in [-0.2, 0) is 6.42 Å². The lowest BCUT2D eigenvalue weighted by Gasteiger charge is -2.35. The molecule has 1 fully saturated rings. The molecule has 0 aliphatic carbocycles. The van der Waals surface area contributed by atoms with Crippen LogP contribution in [0.3, 0.4) is 0 Å². The molecule has 2 atom stereocenters. The molecule has 1 aromatic carbocycles. The van der Waals surface area contributed by atoms with Crippen LogP contribution >= 0.6 is 0 Å². The fourth-order valence-corrected chi connectivity index (χ4v) is 3.64. The van der Waals surface area contributed by atoms with Crippen molar-refractivity contribution in [2.45, 2.75) is 51.6 Å². The molecule has 2 heterocycles. The molecule has 1 saturated heterocycles. The van der Waals surface area contributed by atoms with Gasteiger partial charge < -0.3 is 15.0 Å². The van der Waals surface area contributed by atoms with Crippen LogP contribution in [0.25, 0.3) is 0 Å². The van der Waals surface area contributed by atoms with Crippen molar-refractivity contribution in [3.8, 4) is 5.75 Å². The largest absolute Gasteiger partial charge is 0.493 e. The standard InChI is InChI=1S/C18H28N2O/c1-3-17(19-16-6-5-10-20(4-2)13-16)14-7-8-18-15(12-14)9-11-21-18/h7-8,12,16-17,19H,3-6,9-11,13H2,1-2H3. The van der Waals surface area contributed by atoms with Crippen molar-refractivity contribution in [2.24, 2.45) is 0 Å². The van der Waals surface area contributed by atoms with Gasteiger partial charge in [0.05, 0.1) is 6.61 Å². The van der Waals surface area contributed by atoms with Crippen molar-refractivity contribution in [3.63, 3.8) is 0 Å². The maximum Gasteiger partial charge on any atom is 0.122 e. The van der Waals surface area contributed by atoms with E-state index in [1.54, 1.807) is 0 Å². The summed E-state index contributed by atoms with van der Waals surface area (Å²) in [5.41, 5.74) is 2.81. The second-order valence-electron chi connectivity index (χ2n) is 6.33. The molecule has 0 bridgehead atoms. The fraction of sp³-hybridized carbons (Fsp3) is 0.667. The molecule has 2 aliphatic heterocycles. The Morgan fingerprint density at radius 3 is 3.10 bits per heavy atom. The lowest BCUT2D eigenvalue weighted by atomic mass is 9.98. The molecule has 3 nitrogen and oxygen atoms in total. The van der Waals surface area contributed by atoms with E-state index in [-0.39, 0.29) is 0 Å². The third kappa shape index (κ3) is 3.41. The van der Waals surface area contributed by atoms with Crippen LogP contribution in [0.2, 0.25) is 0 Å². The summed E-state index contributed by atoms with van der Waals surface area (Å²) in [6, 6.07) is 7.85. The van der Waals surface area contributed by atoms with Gasteiger partial charge in [-0.05, 0) is 49.5 Å². The number of likely N-dealkylation sites (N-methyl/N-ethyl adjacent to an activating group) is 1. The van der Waals surface area contributed by atoms with E-state index in [9.17, 15) is 0 Å².